The smallest absolute Gasteiger partial charge is 0.269 e. The summed E-state index contributed by atoms with van der Waals surface area (Å²) in [4.78, 5) is 10.2. The van der Waals surface area contributed by atoms with Crippen LogP contribution in [0, 0.1) is 17.0 Å². The second-order valence-corrected chi connectivity index (χ2v) is 4.47. The van der Waals surface area contributed by atoms with E-state index in [9.17, 15) is 10.1 Å². The van der Waals surface area contributed by atoms with Crippen LogP contribution in [0.25, 0.3) is 11.5 Å². The Kier molecular flexibility index (Phi) is 3.29. The number of hydrogen-bond acceptors (Lipinski definition) is 5. The summed E-state index contributed by atoms with van der Waals surface area (Å²) >= 11 is 5.82. The van der Waals surface area contributed by atoms with Crippen LogP contribution < -0.4 is 0 Å². The molecule has 2 aromatic rings. The number of nitro benzene ring substituents is 1. The van der Waals surface area contributed by atoms with Crippen molar-refractivity contribution in [2.45, 2.75) is 19.2 Å². The molecule has 0 fully saturated rings. The van der Waals surface area contributed by atoms with Crippen molar-refractivity contribution in [3.8, 4) is 11.5 Å². The van der Waals surface area contributed by atoms with Gasteiger partial charge in [-0.3, -0.25) is 10.1 Å². The van der Waals surface area contributed by atoms with Gasteiger partial charge in [-0.15, -0.1) is 21.8 Å². The van der Waals surface area contributed by atoms with Crippen LogP contribution in [0.4, 0.5) is 5.69 Å². The van der Waals surface area contributed by atoms with Crippen LogP contribution >= 0.6 is 11.6 Å². The third-order valence-corrected chi connectivity index (χ3v) is 2.62. The minimum absolute atomic E-state index is 0.0294. The van der Waals surface area contributed by atoms with E-state index in [4.69, 9.17) is 16.0 Å². The SMILES string of the molecule is Cc1cc([N+](=O)[O-])ccc1-c1nnc(C(C)Cl)o1. The number of aryl methyl sites for hydroxylation is 1. The van der Waals surface area contributed by atoms with Gasteiger partial charge in [0.25, 0.3) is 5.69 Å². The maximum atomic E-state index is 10.6. The first-order valence-electron chi connectivity index (χ1n) is 5.22. The Bertz CT molecular complexity index is 595. The van der Waals surface area contributed by atoms with Crippen molar-refractivity contribution < 1.29 is 9.34 Å². The summed E-state index contributed by atoms with van der Waals surface area (Å²) in [5.41, 5.74) is 1.39. The molecule has 0 aliphatic heterocycles. The molecule has 0 saturated carbocycles. The molecular weight excluding hydrogens is 258 g/mol. The molecule has 18 heavy (non-hydrogen) atoms. The van der Waals surface area contributed by atoms with Crippen LogP contribution in [0.15, 0.2) is 22.6 Å². The first kappa shape index (κ1) is 12.5. The van der Waals surface area contributed by atoms with E-state index < -0.39 is 4.92 Å². The molecule has 1 aromatic heterocycles. The molecule has 0 spiro atoms. The topological polar surface area (TPSA) is 82.1 Å². The zero-order valence-electron chi connectivity index (χ0n) is 9.75. The fraction of sp³-hybridized carbons (Fsp3) is 0.273. The van der Waals surface area contributed by atoms with Crippen molar-refractivity contribution in [3.63, 3.8) is 0 Å². The van der Waals surface area contributed by atoms with Gasteiger partial charge < -0.3 is 4.42 Å². The number of nitrogens with zero attached hydrogens (tertiary/aromatic N) is 3. The van der Waals surface area contributed by atoms with Gasteiger partial charge >= 0.3 is 0 Å². The molecule has 0 N–H and O–H groups in total. The van der Waals surface area contributed by atoms with Crippen LogP contribution in [0.5, 0.6) is 0 Å². The molecule has 0 saturated heterocycles. The largest absolute Gasteiger partial charge is 0.419 e. The summed E-state index contributed by atoms with van der Waals surface area (Å²) in [5.74, 6) is 0.634. The van der Waals surface area contributed by atoms with E-state index in [2.05, 4.69) is 10.2 Å². The fourth-order valence-electron chi connectivity index (χ4n) is 1.51. The number of alkyl halides is 1. The minimum atomic E-state index is -0.448. The fourth-order valence-corrected chi connectivity index (χ4v) is 1.59. The average Bonchev–Trinajstić information content (AvgIpc) is 2.78. The summed E-state index contributed by atoms with van der Waals surface area (Å²) in [6.45, 7) is 3.47. The molecule has 6 nitrogen and oxygen atoms in total. The van der Waals surface area contributed by atoms with Crippen LogP contribution in [0.3, 0.4) is 0 Å². The minimum Gasteiger partial charge on any atom is -0.419 e. The van der Waals surface area contributed by atoms with E-state index >= 15 is 0 Å². The molecule has 0 aliphatic carbocycles. The number of non-ortho nitro benzene ring substituents is 1. The lowest BCUT2D eigenvalue weighted by Gasteiger charge is -2.00. The Morgan fingerprint density at radius 1 is 1.44 bits per heavy atom. The molecule has 7 heteroatoms. The molecule has 2 rings (SSSR count). The number of benzene rings is 1. The van der Waals surface area contributed by atoms with E-state index in [-0.39, 0.29) is 11.1 Å². The highest BCUT2D eigenvalue weighted by atomic mass is 35.5. The molecule has 0 amide bonds. The molecule has 1 aromatic carbocycles. The van der Waals surface area contributed by atoms with Crippen LogP contribution in [0.1, 0.15) is 23.8 Å². The molecule has 1 heterocycles. The van der Waals surface area contributed by atoms with E-state index in [0.717, 1.165) is 0 Å². The van der Waals surface area contributed by atoms with Gasteiger partial charge in [-0.05, 0) is 25.5 Å². The Morgan fingerprint density at radius 3 is 2.67 bits per heavy atom. The van der Waals surface area contributed by atoms with Crippen molar-refractivity contribution in [2.24, 2.45) is 0 Å². The molecule has 1 unspecified atom stereocenters. The number of rotatable bonds is 3. The number of halogens is 1. The molecule has 0 bridgehead atoms. The summed E-state index contributed by atoms with van der Waals surface area (Å²) in [5, 5.41) is 17.9. The van der Waals surface area contributed by atoms with Crippen molar-refractivity contribution in [1.29, 1.82) is 0 Å². The normalized spacial score (nSPS) is 12.4. The Labute approximate surface area is 108 Å². The summed E-state index contributed by atoms with van der Waals surface area (Å²) in [7, 11) is 0. The highest BCUT2D eigenvalue weighted by Crippen LogP contribution is 2.28. The van der Waals surface area contributed by atoms with Crippen molar-refractivity contribution >= 4 is 17.3 Å². The molecule has 1 atom stereocenters. The lowest BCUT2D eigenvalue weighted by Crippen LogP contribution is -1.90. The van der Waals surface area contributed by atoms with Crippen LogP contribution in [0.2, 0.25) is 0 Å². The van der Waals surface area contributed by atoms with Gasteiger partial charge in [0.15, 0.2) is 0 Å². The molecule has 94 valence electrons. The van der Waals surface area contributed by atoms with Crippen molar-refractivity contribution in [1.82, 2.24) is 10.2 Å². The second kappa shape index (κ2) is 4.73. The van der Waals surface area contributed by atoms with Gasteiger partial charge in [0, 0.05) is 17.7 Å². The third-order valence-electron chi connectivity index (χ3n) is 2.43. The van der Waals surface area contributed by atoms with Crippen molar-refractivity contribution in [3.05, 3.63) is 39.8 Å². The van der Waals surface area contributed by atoms with E-state index in [0.29, 0.717) is 22.9 Å². The maximum absolute atomic E-state index is 10.6. The summed E-state index contributed by atoms with van der Waals surface area (Å²) < 4.78 is 5.39. The zero-order valence-corrected chi connectivity index (χ0v) is 10.5. The lowest BCUT2D eigenvalue weighted by atomic mass is 10.1. The number of aromatic nitrogens is 2. The van der Waals surface area contributed by atoms with Gasteiger partial charge in [0.05, 0.1) is 4.92 Å². The number of nitro groups is 1. The van der Waals surface area contributed by atoms with E-state index in [1.807, 2.05) is 0 Å². The average molecular weight is 268 g/mol. The van der Waals surface area contributed by atoms with Gasteiger partial charge in [0.1, 0.15) is 5.38 Å². The van der Waals surface area contributed by atoms with Crippen LogP contribution in [-0.4, -0.2) is 15.1 Å². The highest BCUT2D eigenvalue weighted by molar-refractivity contribution is 6.20. The standard InChI is InChI=1S/C11H10ClN3O3/c1-6-5-8(15(16)17)3-4-9(6)11-14-13-10(18-11)7(2)12/h3-5,7H,1-2H3. The van der Waals surface area contributed by atoms with Gasteiger partial charge in [0.2, 0.25) is 11.8 Å². The van der Waals surface area contributed by atoms with E-state index in [1.165, 1.54) is 12.1 Å². The lowest BCUT2D eigenvalue weighted by molar-refractivity contribution is -0.384. The second-order valence-electron chi connectivity index (χ2n) is 3.82. The highest BCUT2D eigenvalue weighted by Gasteiger charge is 2.16. The molecule has 0 radical (unpaired) electrons. The Hall–Kier alpha value is -1.95. The summed E-state index contributed by atoms with van der Waals surface area (Å²) in [6, 6.07) is 4.45. The molecular formula is C11H10ClN3O3. The Morgan fingerprint density at radius 2 is 2.17 bits per heavy atom. The van der Waals surface area contributed by atoms with Crippen molar-refractivity contribution in [2.75, 3.05) is 0 Å². The maximum Gasteiger partial charge on any atom is 0.269 e. The molecule has 0 aliphatic rings. The third kappa shape index (κ3) is 2.33. The number of hydrogen-bond donors (Lipinski definition) is 0. The summed E-state index contributed by atoms with van der Waals surface area (Å²) in [6.07, 6.45) is 0. The van der Waals surface area contributed by atoms with Gasteiger partial charge in [-0.1, -0.05) is 0 Å². The first-order valence-corrected chi connectivity index (χ1v) is 5.65. The predicted molar refractivity (Wildman–Crippen MR) is 65.4 cm³/mol. The Balaban J connectivity index is 2.41. The first-order chi connectivity index (χ1) is 8.49. The predicted octanol–water partition coefficient (Wildman–Crippen LogP) is 3.25. The zero-order chi connectivity index (χ0) is 13.3. The van der Waals surface area contributed by atoms with E-state index in [1.54, 1.807) is 19.9 Å². The van der Waals surface area contributed by atoms with Crippen LogP contribution in [-0.2, 0) is 0 Å². The monoisotopic (exact) mass is 267 g/mol. The quantitative estimate of drug-likeness (QED) is 0.484. The van der Waals surface area contributed by atoms with Gasteiger partial charge in [-0.2, -0.15) is 0 Å². The van der Waals surface area contributed by atoms with Gasteiger partial charge in [-0.25, -0.2) is 0 Å².